The maximum atomic E-state index is 5.65. The first kappa shape index (κ1) is 11.7. The Morgan fingerprint density at radius 3 is 2.18 bits per heavy atom. The van der Waals surface area contributed by atoms with E-state index in [9.17, 15) is 0 Å². The molecule has 17 heavy (non-hydrogen) atoms. The van der Waals surface area contributed by atoms with Crippen molar-refractivity contribution in [3.63, 3.8) is 0 Å². The second kappa shape index (κ2) is 6.06. The van der Waals surface area contributed by atoms with E-state index >= 15 is 0 Å². The van der Waals surface area contributed by atoms with Gasteiger partial charge in [-0.2, -0.15) is 0 Å². The van der Waals surface area contributed by atoms with E-state index in [1.165, 1.54) is 5.19 Å². The summed E-state index contributed by atoms with van der Waals surface area (Å²) in [6.07, 6.45) is 0. The van der Waals surface area contributed by atoms with Gasteiger partial charge in [-0.15, -0.1) is 6.58 Å². The molecule has 0 fully saturated rings. The Morgan fingerprint density at radius 1 is 0.941 bits per heavy atom. The number of hydrogen-bond donors (Lipinski definition) is 0. The van der Waals surface area contributed by atoms with Crippen LogP contribution in [0.2, 0.25) is 0 Å². The smallest absolute Gasteiger partial charge is 0.119 e. The Kier molecular flexibility index (Phi) is 4.16. The molecule has 0 aliphatic rings. The number of ether oxygens (including phenoxy) is 1. The second-order valence-electron chi connectivity index (χ2n) is 3.70. The van der Waals surface area contributed by atoms with Crippen LogP contribution in [0.5, 0.6) is 5.75 Å². The molecule has 0 atom stereocenters. The zero-order valence-corrected chi connectivity index (χ0v) is 10.6. The van der Waals surface area contributed by atoms with Crippen LogP contribution < -0.4 is 9.92 Å². The van der Waals surface area contributed by atoms with Gasteiger partial charge < -0.3 is 4.74 Å². The highest BCUT2D eigenvalue weighted by molar-refractivity contribution is 6.60. The fourth-order valence-corrected chi connectivity index (χ4v) is 2.36. The molecular formula is C15H14OSi. The minimum atomic E-state index is 0.581. The molecule has 2 aromatic carbocycles. The normalized spacial score (nSPS) is 9.88. The molecule has 0 bridgehead atoms. The molecule has 2 radical (unpaired) electrons. The van der Waals surface area contributed by atoms with Gasteiger partial charge in [0.25, 0.3) is 0 Å². The summed E-state index contributed by atoms with van der Waals surface area (Å²) in [6.45, 7) is 4.63. The van der Waals surface area contributed by atoms with E-state index in [-0.39, 0.29) is 0 Å². The van der Waals surface area contributed by atoms with Crippen LogP contribution in [0.1, 0.15) is 0 Å². The van der Waals surface area contributed by atoms with Crippen molar-refractivity contribution in [2.75, 3.05) is 6.61 Å². The lowest BCUT2D eigenvalue weighted by Crippen LogP contribution is -2.19. The van der Waals surface area contributed by atoms with Gasteiger partial charge in [0.1, 0.15) is 21.9 Å². The Balaban J connectivity index is 1.83. The molecule has 1 nitrogen and oxygen atoms in total. The van der Waals surface area contributed by atoms with Gasteiger partial charge in [-0.3, -0.25) is 0 Å². The number of para-hydroxylation sites is 1. The van der Waals surface area contributed by atoms with Crippen LogP contribution in [0.25, 0.3) is 0 Å². The van der Waals surface area contributed by atoms with Crippen LogP contribution in [0.3, 0.4) is 0 Å². The number of rotatable bonds is 5. The average Bonchev–Trinajstić information content (AvgIpc) is 2.39. The predicted molar refractivity (Wildman–Crippen MR) is 72.9 cm³/mol. The van der Waals surface area contributed by atoms with Crippen molar-refractivity contribution in [2.24, 2.45) is 0 Å². The van der Waals surface area contributed by atoms with Gasteiger partial charge in [0.05, 0.1) is 0 Å². The van der Waals surface area contributed by atoms with E-state index < -0.39 is 0 Å². The molecule has 0 N–H and O–H groups in total. The third-order valence-corrected chi connectivity index (χ3v) is 3.37. The van der Waals surface area contributed by atoms with Gasteiger partial charge in [0.15, 0.2) is 0 Å². The highest BCUT2D eigenvalue weighted by Gasteiger charge is 2.00. The van der Waals surface area contributed by atoms with Crippen LogP contribution in [0.4, 0.5) is 0 Å². The first-order chi connectivity index (χ1) is 8.34. The third-order valence-electron chi connectivity index (χ3n) is 2.25. The summed E-state index contributed by atoms with van der Waals surface area (Å²) in [6, 6.07) is 20.2. The molecule has 0 saturated heterocycles. The summed E-state index contributed by atoms with van der Waals surface area (Å²) < 4.78 is 5.65. The monoisotopic (exact) mass is 238 g/mol. The Morgan fingerprint density at radius 2 is 1.53 bits per heavy atom. The first-order valence-corrected chi connectivity index (χ1v) is 6.52. The highest BCUT2D eigenvalue weighted by atomic mass is 28.2. The minimum Gasteiger partial charge on any atom is -0.490 e. The summed E-state index contributed by atoms with van der Waals surface area (Å²) in [5.41, 5.74) is 0. The lowest BCUT2D eigenvalue weighted by molar-refractivity contribution is 0.359. The molecule has 0 aliphatic carbocycles. The van der Waals surface area contributed by atoms with Crippen molar-refractivity contribution < 1.29 is 4.74 Å². The molecule has 0 aliphatic heterocycles. The molecule has 0 aromatic heterocycles. The molecule has 0 heterocycles. The Labute approximate surface area is 105 Å². The van der Waals surface area contributed by atoms with Crippen molar-refractivity contribution in [1.29, 1.82) is 0 Å². The lowest BCUT2D eigenvalue weighted by atomic mass is 10.3. The van der Waals surface area contributed by atoms with Crippen LogP contribution in [-0.2, 0) is 0 Å². The zero-order chi connectivity index (χ0) is 11.9. The summed E-state index contributed by atoms with van der Waals surface area (Å²) >= 11 is 0. The van der Waals surface area contributed by atoms with Crippen molar-refractivity contribution in [1.82, 2.24) is 0 Å². The standard InChI is InChI=1S/C15H14OSi/c1-13(17-15-10-6-3-7-11-15)12-16-14-8-4-2-5-9-14/h2-11H,1,12H2. The van der Waals surface area contributed by atoms with Gasteiger partial charge in [-0.1, -0.05) is 58.9 Å². The molecule has 2 heteroatoms. The summed E-state index contributed by atoms with van der Waals surface area (Å²) in [5, 5.41) is 2.41. The average molecular weight is 238 g/mol. The maximum absolute atomic E-state index is 5.65. The quantitative estimate of drug-likeness (QED) is 0.728. The van der Waals surface area contributed by atoms with Gasteiger partial charge in [-0.05, 0) is 12.1 Å². The fourth-order valence-electron chi connectivity index (χ4n) is 1.45. The van der Waals surface area contributed by atoms with Crippen LogP contribution in [0, 0.1) is 0 Å². The highest BCUT2D eigenvalue weighted by Crippen LogP contribution is 2.08. The van der Waals surface area contributed by atoms with Crippen molar-refractivity contribution in [3.05, 3.63) is 72.4 Å². The predicted octanol–water partition coefficient (Wildman–Crippen LogP) is 2.61. The molecule has 2 rings (SSSR count). The van der Waals surface area contributed by atoms with E-state index in [2.05, 4.69) is 18.7 Å². The fraction of sp³-hybridized carbons (Fsp3) is 0.0667. The van der Waals surface area contributed by atoms with E-state index in [1.54, 1.807) is 0 Å². The van der Waals surface area contributed by atoms with Crippen LogP contribution in [-0.4, -0.2) is 16.1 Å². The van der Waals surface area contributed by atoms with E-state index in [1.807, 2.05) is 48.5 Å². The number of benzene rings is 2. The molecular weight excluding hydrogens is 224 g/mol. The van der Waals surface area contributed by atoms with Crippen molar-refractivity contribution in [2.45, 2.75) is 0 Å². The molecule has 2 aromatic rings. The van der Waals surface area contributed by atoms with E-state index in [4.69, 9.17) is 4.74 Å². The first-order valence-electron chi connectivity index (χ1n) is 5.52. The Bertz CT molecular complexity index is 465. The third kappa shape index (κ3) is 3.92. The van der Waals surface area contributed by atoms with Gasteiger partial charge in [-0.25, -0.2) is 0 Å². The number of hydrogen-bond acceptors (Lipinski definition) is 1. The Hall–Kier alpha value is -1.80. The van der Waals surface area contributed by atoms with E-state index in [0.717, 1.165) is 10.9 Å². The minimum absolute atomic E-state index is 0.581. The van der Waals surface area contributed by atoms with Gasteiger partial charge >= 0.3 is 0 Å². The summed E-state index contributed by atoms with van der Waals surface area (Å²) in [5.74, 6) is 0.895. The largest absolute Gasteiger partial charge is 0.490 e. The van der Waals surface area contributed by atoms with Gasteiger partial charge in [0, 0.05) is 0 Å². The molecule has 84 valence electrons. The summed E-state index contributed by atoms with van der Waals surface area (Å²) in [7, 11) is 0.611. The lowest BCUT2D eigenvalue weighted by Gasteiger charge is -2.07. The molecule has 0 unspecified atom stereocenters. The molecule has 0 spiro atoms. The van der Waals surface area contributed by atoms with Crippen molar-refractivity contribution in [3.8, 4) is 5.75 Å². The molecule has 0 amide bonds. The van der Waals surface area contributed by atoms with Crippen LogP contribution in [0.15, 0.2) is 72.4 Å². The van der Waals surface area contributed by atoms with Crippen LogP contribution >= 0.6 is 0 Å². The maximum Gasteiger partial charge on any atom is 0.119 e. The van der Waals surface area contributed by atoms with Crippen molar-refractivity contribution >= 4 is 14.7 Å². The molecule has 0 saturated carbocycles. The van der Waals surface area contributed by atoms with E-state index in [0.29, 0.717) is 16.1 Å². The van der Waals surface area contributed by atoms with Gasteiger partial charge in [0.2, 0.25) is 0 Å². The second-order valence-corrected chi connectivity index (χ2v) is 5.23. The summed E-state index contributed by atoms with van der Waals surface area (Å²) in [4.78, 5) is 0. The zero-order valence-electron chi connectivity index (χ0n) is 9.60. The topological polar surface area (TPSA) is 9.23 Å². The SMILES string of the molecule is C=C(COc1ccccc1)[Si]c1ccccc1.